The van der Waals surface area contributed by atoms with Crippen LogP contribution in [-0.2, 0) is 14.8 Å². The number of anilines is 2. The first-order chi connectivity index (χ1) is 12.8. The Hall–Kier alpha value is -2.26. The van der Waals surface area contributed by atoms with E-state index in [1.807, 2.05) is 6.07 Å². The lowest BCUT2D eigenvalue weighted by Crippen LogP contribution is -2.45. The number of nitrogens with one attached hydrogen (secondary N) is 1. The Bertz CT molecular complexity index is 964. The Morgan fingerprint density at radius 3 is 2.52 bits per heavy atom. The van der Waals surface area contributed by atoms with Crippen molar-refractivity contribution in [2.75, 3.05) is 29.1 Å². The van der Waals surface area contributed by atoms with Crippen LogP contribution >= 0.6 is 15.9 Å². The molecule has 0 fully saturated rings. The molecular weight excluding hydrogens is 436 g/mol. The number of fused-ring (bicyclic) bond motifs is 1. The molecule has 0 spiro atoms. The third-order valence-corrected chi connectivity index (χ3v) is 5.70. The van der Waals surface area contributed by atoms with Crippen molar-refractivity contribution in [2.24, 2.45) is 0 Å². The molecule has 0 unspecified atom stereocenters. The standard InChI is InChI=1S/C18H19BrN2O5S/c1-12(18(22)20-14-5-3-4-13(19)10-14)21(27(2,23)24)15-6-7-16-17(11-15)26-9-8-25-16/h3-7,10-12H,8-9H2,1-2H3,(H,20,22)/t12-/m0/s1. The zero-order chi connectivity index (χ0) is 19.6. The SMILES string of the molecule is C[C@@H](C(=O)Nc1cccc(Br)c1)N(c1ccc2c(c1)OCCO2)S(C)(=O)=O. The van der Waals surface area contributed by atoms with Crippen LogP contribution in [0, 0.1) is 0 Å². The quantitative estimate of drug-likeness (QED) is 0.750. The number of nitrogens with zero attached hydrogens (tertiary/aromatic N) is 1. The summed E-state index contributed by atoms with van der Waals surface area (Å²) in [7, 11) is -3.72. The molecule has 7 nitrogen and oxygen atoms in total. The maximum atomic E-state index is 12.7. The van der Waals surface area contributed by atoms with Gasteiger partial charge in [-0.25, -0.2) is 8.42 Å². The van der Waals surface area contributed by atoms with Crippen LogP contribution in [0.4, 0.5) is 11.4 Å². The molecule has 1 aliphatic heterocycles. The van der Waals surface area contributed by atoms with E-state index in [9.17, 15) is 13.2 Å². The highest BCUT2D eigenvalue weighted by atomic mass is 79.9. The number of carbonyl (C=O) groups is 1. The summed E-state index contributed by atoms with van der Waals surface area (Å²) in [5.41, 5.74) is 0.899. The molecule has 0 aromatic heterocycles. The highest BCUT2D eigenvalue weighted by molar-refractivity contribution is 9.10. The van der Waals surface area contributed by atoms with Gasteiger partial charge in [-0.3, -0.25) is 9.10 Å². The Kier molecular flexibility index (Phi) is 5.61. The predicted molar refractivity (Wildman–Crippen MR) is 107 cm³/mol. The van der Waals surface area contributed by atoms with Crippen LogP contribution in [0.1, 0.15) is 6.92 Å². The molecule has 1 amide bonds. The highest BCUT2D eigenvalue weighted by Crippen LogP contribution is 2.35. The molecule has 2 aromatic rings. The Labute approximate surface area is 166 Å². The van der Waals surface area contributed by atoms with E-state index in [-0.39, 0.29) is 0 Å². The molecule has 0 saturated heterocycles. The number of benzene rings is 2. The van der Waals surface area contributed by atoms with Crippen molar-refractivity contribution >= 4 is 43.2 Å². The molecule has 27 heavy (non-hydrogen) atoms. The summed E-state index contributed by atoms with van der Waals surface area (Å²) in [4.78, 5) is 12.7. The number of amides is 1. The number of carbonyl (C=O) groups excluding carboxylic acids is 1. The maximum absolute atomic E-state index is 12.7. The van der Waals surface area contributed by atoms with Crippen LogP contribution in [-0.4, -0.2) is 39.8 Å². The van der Waals surface area contributed by atoms with Gasteiger partial charge in [0.15, 0.2) is 11.5 Å². The Balaban J connectivity index is 1.89. The lowest BCUT2D eigenvalue weighted by atomic mass is 10.2. The average Bonchev–Trinajstić information content (AvgIpc) is 2.60. The second kappa shape index (κ2) is 7.77. The molecule has 0 saturated carbocycles. The minimum Gasteiger partial charge on any atom is -0.486 e. The summed E-state index contributed by atoms with van der Waals surface area (Å²) in [6.07, 6.45) is 1.06. The van der Waals surface area contributed by atoms with E-state index in [0.717, 1.165) is 15.0 Å². The van der Waals surface area contributed by atoms with Crippen LogP contribution in [0.25, 0.3) is 0 Å². The van der Waals surface area contributed by atoms with Crippen LogP contribution in [0.2, 0.25) is 0 Å². The van der Waals surface area contributed by atoms with Crippen LogP contribution in [0.3, 0.4) is 0 Å². The summed E-state index contributed by atoms with van der Waals surface area (Å²) in [5, 5.41) is 2.74. The zero-order valence-corrected chi connectivity index (χ0v) is 17.2. The van der Waals surface area contributed by atoms with Gasteiger partial charge in [0.05, 0.1) is 11.9 Å². The summed E-state index contributed by atoms with van der Waals surface area (Å²) in [6, 6.07) is 10.9. The monoisotopic (exact) mass is 454 g/mol. The normalized spacial score (nSPS) is 14.3. The van der Waals surface area contributed by atoms with Crippen LogP contribution in [0.15, 0.2) is 46.9 Å². The molecule has 144 valence electrons. The molecule has 2 aromatic carbocycles. The lowest BCUT2D eigenvalue weighted by molar-refractivity contribution is -0.116. The van der Waals surface area contributed by atoms with Gasteiger partial charge in [-0.15, -0.1) is 0 Å². The van der Waals surface area contributed by atoms with E-state index in [0.29, 0.717) is 36.1 Å². The van der Waals surface area contributed by atoms with Gasteiger partial charge in [0.1, 0.15) is 19.3 Å². The van der Waals surface area contributed by atoms with Crippen molar-refractivity contribution < 1.29 is 22.7 Å². The van der Waals surface area contributed by atoms with E-state index >= 15 is 0 Å². The van der Waals surface area contributed by atoms with Crippen LogP contribution < -0.4 is 19.1 Å². The first kappa shape index (κ1) is 19.5. The lowest BCUT2D eigenvalue weighted by Gasteiger charge is -2.29. The molecule has 1 atom stereocenters. The van der Waals surface area contributed by atoms with Crippen molar-refractivity contribution in [2.45, 2.75) is 13.0 Å². The van der Waals surface area contributed by atoms with E-state index in [4.69, 9.17) is 9.47 Å². The number of halogens is 1. The van der Waals surface area contributed by atoms with Crippen molar-refractivity contribution in [3.05, 3.63) is 46.9 Å². The second-order valence-corrected chi connectivity index (χ2v) is 8.84. The molecule has 1 aliphatic rings. The zero-order valence-electron chi connectivity index (χ0n) is 14.8. The Morgan fingerprint density at radius 1 is 1.15 bits per heavy atom. The molecule has 9 heteroatoms. The van der Waals surface area contributed by atoms with E-state index < -0.39 is 22.0 Å². The van der Waals surface area contributed by atoms with Gasteiger partial charge in [-0.1, -0.05) is 22.0 Å². The fourth-order valence-corrected chi connectivity index (χ4v) is 4.36. The average molecular weight is 455 g/mol. The van der Waals surface area contributed by atoms with Gasteiger partial charge in [0, 0.05) is 16.2 Å². The van der Waals surface area contributed by atoms with Gasteiger partial charge in [-0.2, -0.15) is 0 Å². The van der Waals surface area contributed by atoms with Crippen molar-refractivity contribution in [3.8, 4) is 11.5 Å². The number of hydrogen-bond acceptors (Lipinski definition) is 5. The van der Waals surface area contributed by atoms with Gasteiger partial charge in [0.2, 0.25) is 15.9 Å². The van der Waals surface area contributed by atoms with Crippen molar-refractivity contribution in [3.63, 3.8) is 0 Å². The largest absolute Gasteiger partial charge is 0.486 e. The van der Waals surface area contributed by atoms with Gasteiger partial charge in [-0.05, 0) is 37.3 Å². The third-order valence-electron chi connectivity index (χ3n) is 3.96. The number of sulfonamides is 1. The minimum absolute atomic E-state index is 0.332. The molecule has 0 bridgehead atoms. The van der Waals surface area contributed by atoms with Crippen molar-refractivity contribution in [1.82, 2.24) is 0 Å². The first-order valence-electron chi connectivity index (χ1n) is 8.21. The molecule has 1 heterocycles. The van der Waals surface area contributed by atoms with Crippen LogP contribution in [0.5, 0.6) is 11.5 Å². The van der Waals surface area contributed by atoms with E-state index in [1.54, 1.807) is 36.4 Å². The van der Waals surface area contributed by atoms with Gasteiger partial charge in [0.25, 0.3) is 0 Å². The van der Waals surface area contributed by atoms with Gasteiger partial charge >= 0.3 is 0 Å². The minimum atomic E-state index is -3.72. The smallest absolute Gasteiger partial charge is 0.247 e. The van der Waals surface area contributed by atoms with Gasteiger partial charge < -0.3 is 14.8 Å². The summed E-state index contributed by atoms with van der Waals surface area (Å²) in [5.74, 6) is 0.546. The molecule has 0 aliphatic carbocycles. The third kappa shape index (κ3) is 4.54. The summed E-state index contributed by atoms with van der Waals surface area (Å²) in [6.45, 7) is 2.35. The van der Waals surface area contributed by atoms with E-state index in [1.165, 1.54) is 6.92 Å². The molecule has 1 N–H and O–H groups in total. The number of hydrogen-bond donors (Lipinski definition) is 1. The summed E-state index contributed by atoms with van der Waals surface area (Å²) >= 11 is 3.34. The molecular formula is C18H19BrN2O5S. The number of rotatable bonds is 5. The highest BCUT2D eigenvalue weighted by Gasteiger charge is 2.30. The fraction of sp³-hybridized carbons (Fsp3) is 0.278. The topological polar surface area (TPSA) is 84.9 Å². The molecule has 3 rings (SSSR count). The predicted octanol–water partition coefficient (Wildman–Crippen LogP) is 3.01. The van der Waals surface area contributed by atoms with Crippen molar-refractivity contribution in [1.29, 1.82) is 0 Å². The maximum Gasteiger partial charge on any atom is 0.247 e. The number of ether oxygens (including phenoxy) is 2. The molecule has 0 radical (unpaired) electrons. The Morgan fingerprint density at radius 2 is 1.85 bits per heavy atom. The fourth-order valence-electron chi connectivity index (χ4n) is 2.79. The first-order valence-corrected chi connectivity index (χ1v) is 10.9. The van der Waals surface area contributed by atoms with E-state index in [2.05, 4.69) is 21.2 Å². The summed E-state index contributed by atoms with van der Waals surface area (Å²) < 4.78 is 37.7. The second-order valence-electron chi connectivity index (χ2n) is 6.06.